The van der Waals surface area contributed by atoms with Gasteiger partial charge in [-0.05, 0) is 147 Å². The maximum absolute atomic E-state index is 14.9. The fraction of sp³-hybridized carbons (Fsp3) is 0.213. The number of Topliss-reactive ketones (excluding diaryl/α,β-unsaturated/α-hetero) is 2. The molecule has 2 aliphatic rings. The van der Waals surface area contributed by atoms with Crippen molar-refractivity contribution in [2.75, 3.05) is 16.8 Å². The average molecular weight is 1530 g/mol. The number of carbonyl (C=O) groups excluding carboxylic acids is 5. The summed E-state index contributed by atoms with van der Waals surface area (Å²) >= 11 is 4.03. The molecule has 1 N–H and O–H groups in total. The molecule has 11 rings (SSSR count). The summed E-state index contributed by atoms with van der Waals surface area (Å²) < 4.78 is 46.9. The van der Waals surface area contributed by atoms with Gasteiger partial charge in [-0.1, -0.05) is 178 Å². The number of benzene rings is 9. The summed E-state index contributed by atoms with van der Waals surface area (Å²) in [4.78, 5) is 71.2. The van der Waals surface area contributed by atoms with Crippen LogP contribution in [0, 0.1) is 37.3 Å². The molecule has 5 atom stereocenters. The first-order valence-electron chi connectivity index (χ1n) is 30.2. The second-order valence-electron chi connectivity index (χ2n) is 22.6. The van der Waals surface area contributed by atoms with Crippen molar-refractivity contribution in [3.05, 3.63) is 295 Å². The molecule has 3 amide bonds. The maximum atomic E-state index is 14.9. The van der Waals surface area contributed by atoms with Gasteiger partial charge in [0.15, 0.2) is 11.6 Å². The van der Waals surface area contributed by atoms with E-state index in [9.17, 15) is 32.8 Å². The van der Waals surface area contributed by atoms with Crippen LogP contribution in [0.3, 0.4) is 0 Å². The van der Waals surface area contributed by atoms with E-state index in [1.165, 1.54) is 53.4 Å². The van der Waals surface area contributed by atoms with Crippen LogP contribution in [-0.2, 0) is 46.3 Å². The first kappa shape index (κ1) is 73.6. The second kappa shape index (κ2) is 35.2. The number of ether oxygens (including phenoxy) is 3. The summed E-state index contributed by atoms with van der Waals surface area (Å²) in [6, 6.07) is 65.8. The number of nitrogens with zero attached hydrogens (tertiary/aromatic N) is 2. The Hall–Kier alpha value is -7.18. The standard InChI is InChI=1S/C42H38BrFN2O5.C32H27BrFNO3.CH4.4ClH.Ti/c1-28-12-19-34(20-13-28)45-40(36-21-16-32(43)25-39(36)50-26-30-10-6-3-7-11-30)37(22-23-38(47)31-14-17-33(44)18-15-31)41(48)46-35(27-51-42(46)49)24-29-8-4-2-5-9-29;1-21-7-14-26(15-8-21)35-31(28(32(35)37)17-18-29(36)23-9-12-25(34)13-10-23)27-16-11-24(33)19-30(27)38-20-22-5-3-2-4-6-22;;;;;;/h2-21,25,35,37,40,45H,22-24,26-27H2,1H3;2-16,19,28,31H,17-18,20H2,1H3;1H4;4*1H;/q;;;;;;;+4/p-4/t35-,37+,40+;28-,31-;;;;;;/m01....../s1. The molecule has 492 valence electrons. The summed E-state index contributed by atoms with van der Waals surface area (Å²) in [5, 5.41) is 3.58. The zero-order valence-corrected chi connectivity index (χ0v) is 58.8. The van der Waals surface area contributed by atoms with Crippen LogP contribution < -0.4 is 19.7 Å². The molecule has 0 bridgehead atoms. The number of hydrogen-bond donors (Lipinski definition) is 1. The molecule has 2 aliphatic heterocycles. The number of carbonyl (C=O) groups is 5. The predicted molar refractivity (Wildman–Crippen MR) is 378 cm³/mol. The third kappa shape index (κ3) is 21.2. The fourth-order valence-electron chi connectivity index (χ4n) is 11.2. The molecule has 0 saturated carbocycles. The van der Waals surface area contributed by atoms with E-state index in [0.29, 0.717) is 47.6 Å². The molecule has 20 heteroatoms. The van der Waals surface area contributed by atoms with E-state index in [-0.39, 0.29) is 75.2 Å². The Morgan fingerprint density at radius 2 is 1.08 bits per heavy atom. The number of hydrogen-bond acceptors (Lipinski definition) is 9. The van der Waals surface area contributed by atoms with Gasteiger partial charge in [0.05, 0.1) is 30.0 Å². The van der Waals surface area contributed by atoms with Crippen LogP contribution in [0.25, 0.3) is 0 Å². The third-order valence-corrected chi connectivity index (χ3v) is 16.9. The Morgan fingerprint density at radius 3 is 1.62 bits per heavy atom. The van der Waals surface area contributed by atoms with Gasteiger partial charge in [-0.25, -0.2) is 18.5 Å². The monoisotopic (exact) mass is 1520 g/mol. The van der Waals surface area contributed by atoms with E-state index in [1.807, 2.05) is 190 Å². The number of halogens is 8. The average Bonchev–Trinajstić information content (AvgIpc) is 1.16. The Balaban J connectivity index is 0.000000233. The van der Waals surface area contributed by atoms with Crippen LogP contribution in [0.15, 0.2) is 233 Å². The molecule has 0 aliphatic carbocycles. The van der Waals surface area contributed by atoms with Gasteiger partial charge in [-0.3, -0.25) is 19.2 Å². The van der Waals surface area contributed by atoms with Crippen molar-refractivity contribution in [3.63, 3.8) is 0 Å². The minimum atomic E-state index is -3.11. The van der Waals surface area contributed by atoms with Crippen molar-refractivity contribution < 1.29 is 59.3 Å². The molecular weight excluding hydrogens is 1460 g/mol. The molecule has 9 aromatic rings. The van der Waals surface area contributed by atoms with Crippen molar-refractivity contribution in [3.8, 4) is 11.5 Å². The van der Waals surface area contributed by atoms with E-state index in [2.05, 4.69) is 37.2 Å². The van der Waals surface area contributed by atoms with Gasteiger partial charge < -0.3 is 24.4 Å². The van der Waals surface area contributed by atoms with Gasteiger partial charge in [0.1, 0.15) is 43.0 Å². The van der Waals surface area contributed by atoms with Crippen molar-refractivity contribution in [1.29, 1.82) is 0 Å². The molecule has 2 heterocycles. The minimum absolute atomic E-state index is 0. The van der Waals surface area contributed by atoms with Crippen LogP contribution in [0.1, 0.15) is 105 Å². The normalized spacial score (nSPS) is 15.5. The quantitative estimate of drug-likeness (QED) is 0.0378. The topological polar surface area (TPSA) is 132 Å². The SMILES string of the molecule is C.Cc1ccc(N2C(=O)[C@H](CCC(=O)c3ccc(F)cc3)[C@H]2c2ccc(Br)cc2OCc2ccccc2)cc1.Cc1ccc(N[C@H](c2ccc(Br)cc2OCc2ccccc2)[C@@H](CCC(=O)c2ccc(F)cc2)C(=O)N2C(=O)OC[C@@H]2Cc2ccccc2)cc1.[Cl][Ti]([Cl])([Cl])[Cl]. The van der Waals surface area contributed by atoms with Gasteiger partial charge in [0.25, 0.3) is 0 Å². The number of aryl methyl sites for hydroxylation is 2. The number of rotatable bonds is 23. The zero-order valence-electron chi connectivity index (χ0n) is 51.1. The van der Waals surface area contributed by atoms with Crippen LogP contribution in [0.2, 0.25) is 0 Å². The van der Waals surface area contributed by atoms with E-state index >= 15 is 0 Å². The summed E-state index contributed by atoms with van der Waals surface area (Å²) in [6.07, 6.45) is 0.319. The van der Waals surface area contributed by atoms with Crippen molar-refractivity contribution >= 4 is 110 Å². The number of amides is 3. The molecule has 9 aromatic carbocycles. The van der Waals surface area contributed by atoms with Crippen molar-refractivity contribution in [1.82, 2.24) is 4.90 Å². The summed E-state index contributed by atoms with van der Waals surface area (Å²) in [5.41, 5.74) is 9.04. The molecule has 11 nitrogen and oxygen atoms in total. The van der Waals surface area contributed by atoms with E-state index in [4.69, 9.17) is 51.4 Å². The molecule has 0 spiro atoms. The number of imide groups is 1. The first-order valence-corrected chi connectivity index (χ1v) is 40.4. The Kier molecular flexibility index (Phi) is 27.3. The van der Waals surface area contributed by atoms with Crippen LogP contribution >= 0.6 is 69.1 Å². The number of cyclic esters (lactones) is 1. The van der Waals surface area contributed by atoms with Gasteiger partial charge in [-0.2, -0.15) is 0 Å². The summed E-state index contributed by atoms with van der Waals surface area (Å²) in [5.74, 6) is -1.78. The second-order valence-corrected chi connectivity index (χ2v) is 39.9. The van der Waals surface area contributed by atoms with Crippen molar-refractivity contribution in [2.45, 2.75) is 84.7 Å². The third-order valence-electron chi connectivity index (χ3n) is 15.9. The van der Waals surface area contributed by atoms with Crippen LogP contribution in [0.4, 0.5) is 25.0 Å². The van der Waals surface area contributed by atoms with Gasteiger partial charge in [0.2, 0.25) is 11.8 Å². The number of β-lactam (4-membered cyclic amide) rings is 1. The van der Waals surface area contributed by atoms with Gasteiger partial charge in [0, 0.05) is 55.4 Å². The molecular formula is C75H69Br2Cl4F2N3O8Ti. The summed E-state index contributed by atoms with van der Waals surface area (Å²) in [7, 11) is 20.1. The Labute approximate surface area is 589 Å². The predicted octanol–water partition coefficient (Wildman–Crippen LogP) is 20.7. The molecule has 2 fully saturated rings. The van der Waals surface area contributed by atoms with Crippen molar-refractivity contribution in [2.24, 2.45) is 11.8 Å². The first-order chi connectivity index (χ1) is 45.1. The van der Waals surface area contributed by atoms with Crippen LogP contribution in [0.5, 0.6) is 11.5 Å². The van der Waals surface area contributed by atoms with Gasteiger partial charge in [-0.15, -0.1) is 0 Å². The number of nitrogens with one attached hydrogen (secondary N) is 1. The summed E-state index contributed by atoms with van der Waals surface area (Å²) in [6.45, 7) is 4.72. The Morgan fingerprint density at radius 1 is 0.611 bits per heavy atom. The zero-order chi connectivity index (χ0) is 66.9. The van der Waals surface area contributed by atoms with E-state index in [0.717, 1.165) is 53.7 Å². The molecule has 0 radical (unpaired) electrons. The Bertz CT molecular complexity index is 4030. The number of anilines is 2. The van der Waals surface area contributed by atoms with Gasteiger partial charge >= 0.3 is 55.7 Å². The van der Waals surface area contributed by atoms with Crippen LogP contribution in [-0.4, -0.2) is 47.0 Å². The molecule has 0 aromatic heterocycles. The molecule has 2 saturated heterocycles. The molecule has 95 heavy (non-hydrogen) atoms. The number of ketones is 2. The van der Waals surface area contributed by atoms with E-state index < -0.39 is 48.2 Å². The van der Waals surface area contributed by atoms with E-state index in [1.54, 1.807) is 4.90 Å². The molecule has 0 unspecified atom stereocenters. The fourth-order valence-corrected chi connectivity index (χ4v) is 11.8.